The Morgan fingerprint density at radius 3 is 2.61 bits per heavy atom. The van der Waals surface area contributed by atoms with E-state index in [1.807, 2.05) is 0 Å². The molecule has 2 aromatic rings. The van der Waals surface area contributed by atoms with Crippen molar-refractivity contribution in [2.75, 3.05) is 18.1 Å². The zero-order valence-electron chi connectivity index (χ0n) is 11.4. The number of imidazole rings is 1. The summed E-state index contributed by atoms with van der Waals surface area (Å²) in [5.41, 5.74) is 6.01. The number of hydrogen-bond donors (Lipinski definition) is 5. The molecular formula is C9H13F2N6O5P. The van der Waals surface area contributed by atoms with Crippen LogP contribution in [0, 0.1) is 0 Å². The molecule has 0 atom stereocenters. The molecule has 0 fully saturated rings. The van der Waals surface area contributed by atoms with E-state index in [0.717, 1.165) is 4.57 Å². The van der Waals surface area contributed by atoms with Crippen LogP contribution in [0.1, 0.15) is 6.42 Å². The van der Waals surface area contributed by atoms with E-state index in [4.69, 9.17) is 26.0 Å². The molecule has 2 aromatic heterocycles. The Kier molecular flexibility index (Phi) is 4.39. The zero-order valence-corrected chi connectivity index (χ0v) is 12.3. The molecule has 0 spiro atoms. The van der Waals surface area contributed by atoms with Crippen LogP contribution in [-0.4, -0.2) is 41.6 Å². The van der Waals surface area contributed by atoms with Crippen molar-refractivity contribution in [3.8, 4) is 0 Å². The normalized spacial score (nSPS) is 12.9. The molecule has 2 rings (SSSR count). The number of rotatable bonds is 6. The van der Waals surface area contributed by atoms with Crippen LogP contribution in [0.2, 0.25) is 0 Å². The maximum absolute atomic E-state index is 13.1. The molecule has 7 N–H and O–H groups in total. The fraction of sp³-hybridized carbons (Fsp3) is 0.444. The standard InChI is InChI=1S/C9H13F2N6O5P/c10-9(11,23(19,20)21)1-2-22-3-17-5-4(14-8(17)13)6(18)16-7(12)15-5/h1-3H2,(H2,13,14)(H2,19,20,21)(H3,12,15,16,18). The number of nitrogen functional groups attached to an aromatic ring is 2. The van der Waals surface area contributed by atoms with Crippen LogP contribution < -0.4 is 17.0 Å². The molecule has 0 amide bonds. The van der Waals surface area contributed by atoms with Gasteiger partial charge in [0, 0.05) is 6.42 Å². The van der Waals surface area contributed by atoms with Crippen molar-refractivity contribution in [3.05, 3.63) is 10.4 Å². The molecule has 0 aromatic carbocycles. The van der Waals surface area contributed by atoms with E-state index >= 15 is 0 Å². The lowest BCUT2D eigenvalue weighted by molar-refractivity contribution is 0.000108. The fourth-order valence-electron chi connectivity index (χ4n) is 1.67. The maximum atomic E-state index is 13.1. The first-order valence-electron chi connectivity index (χ1n) is 6.05. The summed E-state index contributed by atoms with van der Waals surface area (Å²) >= 11 is 0. The van der Waals surface area contributed by atoms with Gasteiger partial charge in [0.2, 0.25) is 11.9 Å². The number of hydrogen-bond acceptors (Lipinski definition) is 7. The van der Waals surface area contributed by atoms with Gasteiger partial charge < -0.3 is 26.0 Å². The number of H-pyrrole nitrogens is 1. The number of aromatic amines is 1. The van der Waals surface area contributed by atoms with Crippen LogP contribution in [0.4, 0.5) is 20.7 Å². The largest absolute Gasteiger partial charge is 0.394 e. The summed E-state index contributed by atoms with van der Waals surface area (Å²) in [4.78, 5) is 38.3. The van der Waals surface area contributed by atoms with Gasteiger partial charge in [0.25, 0.3) is 5.56 Å². The van der Waals surface area contributed by atoms with E-state index in [2.05, 4.69) is 15.0 Å². The SMILES string of the molecule is Nc1nc2c(nc(N)n2COCCC(F)(F)P(=O)(O)O)c(=O)[nH]1. The second kappa shape index (κ2) is 5.85. The lowest BCUT2D eigenvalue weighted by Crippen LogP contribution is -2.20. The predicted molar refractivity (Wildman–Crippen MR) is 74.5 cm³/mol. The molecule has 0 unspecified atom stereocenters. The highest BCUT2D eigenvalue weighted by Gasteiger charge is 2.48. The average molecular weight is 354 g/mol. The molecule has 11 nitrogen and oxygen atoms in total. The topological polar surface area (TPSA) is 182 Å². The van der Waals surface area contributed by atoms with E-state index in [9.17, 15) is 18.1 Å². The highest BCUT2D eigenvalue weighted by Crippen LogP contribution is 2.54. The highest BCUT2D eigenvalue weighted by atomic mass is 31.2. The Morgan fingerprint density at radius 2 is 2.00 bits per heavy atom. The number of nitrogens with two attached hydrogens (primary N) is 2. The van der Waals surface area contributed by atoms with Gasteiger partial charge in [-0.15, -0.1) is 0 Å². The second-order valence-corrected chi connectivity index (χ2v) is 6.26. The summed E-state index contributed by atoms with van der Waals surface area (Å²) in [5.74, 6) is -0.359. The lowest BCUT2D eigenvalue weighted by Gasteiger charge is -2.17. The Balaban J connectivity index is 2.10. The van der Waals surface area contributed by atoms with Gasteiger partial charge in [0.15, 0.2) is 11.2 Å². The number of halogens is 2. The third-order valence-corrected chi connectivity index (χ3v) is 3.92. The third-order valence-electron chi connectivity index (χ3n) is 2.85. The smallest absolute Gasteiger partial charge is 0.369 e. The Morgan fingerprint density at radius 1 is 1.35 bits per heavy atom. The van der Waals surface area contributed by atoms with Crippen LogP contribution in [0.3, 0.4) is 0 Å². The maximum Gasteiger partial charge on any atom is 0.394 e. The van der Waals surface area contributed by atoms with Crippen molar-refractivity contribution >= 4 is 30.7 Å². The minimum atomic E-state index is -5.56. The summed E-state index contributed by atoms with van der Waals surface area (Å²) in [6.45, 7) is -1.08. The first-order valence-corrected chi connectivity index (χ1v) is 7.67. The Labute approximate surface area is 126 Å². The molecule has 0 bridgehead atoms. The molecular weight excluding hydrogens is 341 g/mol. The lowest BCUT2D eigenvalue weighted by atomic mass is 10.5. The van der Waals surface area contributed by atoms with Crippen molar-refractivity contribution < 1.29 is 27.9 Å². The van der Waals surface area contributed by atoms with Gasteiger partial charge in [-0.25, -0.2) is 4.98 Å². The van der Waals surface area contributed by atoms with Crippen LogP contribution >= 0.6 is 7.60 Å². The van der Waals surface area contributed by atoms with Gasteiger partial charge in [-0.2, -0.15) is 13.8 Å². The van der Waals surface area contributed by atoms with E-state index in [-0.39, 0.29) is 23.1 Å². The minimum absolute atomic E-state index is 0.00880. The number of aromatic nitrogens is 4. The number of anilines is 2. The van der Waals surface area contributed by atoms with Gasteiger partial charge in [0.1, 0.15) is 6.73 Å². The summed E-state index contributed by atoms with van der Waals surface area (Å²) < 4.78 is 42.7. The van der Waals surface area contributed by atoms with E-state index in [1.165, 1.54) is 0 Å². The van der Waals surface area contributed by atoms with Crippen LogP contribution in [0.25, 0.3) is 11.2 Å². The third kappa shape index (κ3) is 3.47. The summed E-state index contributed by atoms with van der Waals surface area (Å²) in [6, 6.07) is 0. The molecule has 128 valence electrons. The monoisotopic (exact) mass is 354 g/mol. The molecule has 0 aliphatic heterocycles. The molecule has 0 aliphatic carbocycles. The van der Waals surface area contributed by atoms with Crippen LogP contribution in [0.5, 0.6) is 0 Å². The van der Waals surface area contributed by atoms with Gasteiger partial charge in [-0.05, 0) is 0 Å². The van der Waals surface area contributed by atoms with E-state index < -0.39 is 38.6 Å². The van der Waals surface area contributed by atoms with Crippen molar-refractivity contribution in [1.29, 1.82) is 0 Å². The number of nitrogens with one attached hydrogen (secondary N) is 1. The van der Waals surface area contributed by atoms with Crippen molar-refractivity contribution in [3.63, 3.8) is 0 Å². The second-order valence-electron chi connectivity index (χ2n) is 4.52. The molecule has 0 radical (unpaired) electrons. The minimum Gasteiger partial charge on any atom is -0.369 e. The molecule has 2 heterocycles. The number of fused-ring (bicyclic) bond motifs is 1. The quantitative estimate of drug-likeness (QED) is 0.334. The molecule has 0 aliphatic rings. The van der Waals surface area contributed by atoms with Crippen LogP contribution in [0.15, 0.2) is 4.79 Å². The van der Waals surface area contributed by atoms with Crippen molar-refractivity contribution in [2.24, 2.45) is 0 Å². The molecule has 23 heavy (non-hydrogen) atoms. The first kappa shape index (κ1) is 17.3. The Bertz CT molecular complexity index is 830. The zero-order chi connectivity index (χ0) is 17.4. The van der Waals surface area contributed by atoms with Gasteiger partial charge >= 0.3 is 13.3 Å². The first-order chi connectivity index (χ1) is 10.5. The van der Waals surface area contributed by atoms with E-state index in [0.29, 0.717) is 0 Å². The number of nitrogens with zero attached hydrogens (tertiary/aromatic N) is 3. The summed E-state index contributed by atoms with van der Waals surface area (Å²) in [7, 11) is -5.56. The number of alkyl halides is 2. The number of ether oxygens (including phenoxy) is 1. The molecule has 0 saturated heterocycles. The van der Waals surface area contributed by atoms with Gasteiger partial charge in [0.05, 0.1) is 6.61 Å². The van der Waals surface area contributed by atoms with Gasteiger partial charge in [-0.1, -0.05) is 0 Å². The molecule has 14 heteroatoms. The highest BCUT2D eigenvalue weighted by molar-refractivity contribution is 7.53. The van der Waals surface area contributed by atoms with E-state index in [1.54, 1.807) is 0 Å². The average Bonchev–Trinajstić information content (AvgIpc) is 2.70. The van der Waals surface area contributed by atoms with Crippen molar-refractivity contribution in [2.45, 2.75) is 18.8 Å². The van der Waals surface area contributed by atoms with Crippen LogP contribution in [-0.2, 0) is 16.0 Å². The predicted octanol–water partition coefficient (Wildman–Crippen LogP) is -0.581. The van der Waals surface area contributed by atoms with Crippen molar-refractivity contribution in [1.82, 2.24) is 19.5 Å². The molecule has 0 saturated carbocycles. The fourth-order valence-corrected chi connectivity index (χ4v) is 2.05. The summed E-state index contributed by atoms with van der Waals surface area (Å²) in [6.07, 6.45) is -1.19. The van der Waals surface area contributed by atoms with Gasteiger partial charge in [-0.3, -0.25) is 18.9 Å². The summed E-state index contributed by atoms with van der Waals surface area (Å²) in [5, 5.41) is 0. The Hall–Kier alpha value is -2.08.